The largest absolute Gasteiger partial charge is 0.337 e. The van der Waals surface area contributed by atoms with Gasteiger partial charge in [-0.1, -0.05) is 56.7 Å². The molecule has 1 saturated heterocycles. The maximum absolute atomic E-state index is 13.5. The molecule has 3 rings (SSSR count). The summed E-state index contributed by atoms with van der Waals surface area (Å²) < 4.78 is 0. The number of piperazine rings is 1. The molecule has 7 nitrogen and oxygen atoms in total. The molecule has 1 aliphatic heterocycles. The van der Waals surface area contributed by atoms with Gasteiger partial charge in [0, 0.05) is 36.9 Å². The zero-order valence-electron chi connectivity index (χ0n) is 20.8. The number of urea groups is 1. The fraction of sp³-hybridized carbons (Fsp3) is 0.444. The van der Waals surface area contributed by atoms with Crippen LogP contribution in [0.1, 0.15) is 48.7 Å². The lowest BCUT2D eigenvalue weighted by molar-refractivity contribution is -0.136. The van der Waals surface area contributed by atoms with Crippen LogP contribution in [0.5, 0.6) is 0 Å². The average molecular weight is 465 g/mol. The Balaban J connectivity index is 1.67. The van der Waals surface area contributed by atoms with E-state index in [2.05, 4.69) is 10.6 Å². The van der Waals surface area contributed by atoms with Crippen LogP contribution in [0.25, 0.3) is 0 Å². The Morgan fingerprint density at radius 3 is 2.24 bits per heavy atom. The maximum Gasteiger partial charge on any atom is 0.319 e. The molecule has 1 aliphatic rings. The number of anilines is 1. The summed E-state index contributed by atoms with van der Waals surface area (Å²) in [5.41, 5.74) is 3.35. The summed E-state index contributed by atoms with van der Waals surface area (Å²) >= 11 is 0. The minimum Gasteiger partial charge on any atom is -0.337 e. The monoisotopic (exact) mass is 464 g/mol. The smallest absolute Gasteiger partial charge is 0.319 e. The van der Waals surface area contributed by atoms with Crippen molar-refractivity contribution in [1.82, 2.24) is 15.1 Å². The van der Waals surface area contributed by atoms with Crippen molar-refractivity contribution < 1.29 is 14.4 Å². The first-order valence-corrected chi connectivity index (χ1v) is 12.0. The zero-order chi connectivity index (χ0) is 24.8. The summed E-state index contributed by atoms with van der Waals surface area (Å²) in [6.45, 7) is 11.2. The van der Waals surface area contributed by atoms with E-state index in [9.17, 15) is 14.4 Å². The third-order valence-electron chi connectivity index (χ3n) is 6.71. The molecule has 2 N–H and O–H groups in total. The van der Waals surface area contributed by atoms with E-state index in [0.717, 1.165) is 23.2 Å². The fourth-order valence-electron chi connectivity index (χ4n) is 4.39. The van der Waals surface area contributed by atoms with Gasteiger partial charge in [-0.25, -0.2) is 4.79 Å². The van der Waals surface area contributed by atoms with Gasteiger partial charge < -0.3 is 20.4 Å². The number of carbonyl (C=O) groups is 3. The van der Waals surface area contributed by atoms with Gasteiger partial charge in [0.1, 0.15) is 6.04 Å². The van der Waals surface area contributed by atoms with E-state index < -0.39 is 6.04 Å². The Labute approximate surface area is 202 Å². The molecule has 0 spiro atoms. The molecule has 0 aromatic heterocycles. The maximum atomic E-state index is 13.5. The molecule has 3 unspecified atom stereocenters. The molecule has 1 fully saturated rings. The van der Waals surface area contributed by atoms with Crippen molar-refractivity contribution in [3.63, 3.8) is 0 Å². The molecule has 1 heterocycles. The molecule has 34 heavy (non-hydrogen) atoms. The lowest BCUT2D eigenvalue weighted by Gasteiger charge is -2.41. The van der Waals surface area contributed by atoms with E-state index in [1.165, 1.54) is 0 Å². The number of hydrogen-bond donors (Lipinski definition) is 2. The van der Waals surface area contributed by atoms with E-state index >= 15 is 0 Å². The van der Waals surface area contributed by atoms with Crippen LogP contribution >= 0.6 is 0 Å². The molecule has 0 aliphatic carbocycles. The van der Waals surface area contributed by atoms with Gasteiger partial charge >= 0.3 is 6.03 Å². The summed E-state index contributed by atoms with van der Waals surface area (Å²) in [7, 11) is 0. The number of carbonyl (C=O) groups excluding carboxylic acids is 3. The fourth-order valence-corrected chi connectivity index (χ4v) is 4.39. The van der Waals surface area contributed by atoms with Gasteiger partial charge in [0.2, 0.25) is 5.91 Å². The lowest BCUT2D eigenvalue weighted by atomic mass is 9.97. The molecule has 182 valence electrons. The first kappa shape index (κ1) is 25.3. The van der Waals surface area contributed by atoms with E-state index in [4.69, 9.17) is 0 Å². The van der Waals surface area contributed by atoms with Crippen molar-refractivity contribution in [2.75, 3.05) is 25.0 Å². The molecule has 0 saturated carbocycles. The van der Waals surface area contributed by atoms with Crippen LogP contribution in [0.4, 0.5) is 10.5 Å². The van der Waals surface area contributed by atoms with Crippen LogP contribution in [-0.2, 0) is 4.79 Å². The molecule has 7 heteroatoms. The van der Waals surface area contributed by atoms with Crippen molar-refractivity contribution in [3.05, 3.63) is 65.2 Å². The minimum atomic E-state index is -0.641. The molecule has 4 amide bonds. The summed E-state index contributed by atoms with van der Waals surface area (Å²) in [6.07, 6.45) is 0.752. The minimum absolute atomic E-state index is 0.0234. The quantitative estimate of drug-likeness (QED) is 0.672. The van der Waals surface area contributed by atoms with Crippen LogP contribution in [0, 0.1) is 19.8 Å². The Kier molecular flexibility index (Phi) is 8.31. The van der Waals surface area contributed by atoms with Crippen molar-refractivity contribution in [1.29, 1.82) is 0 Å². The van der Waals surface area contributed by atoms with Crippen LogP contribution in [0.3, 0.4) is 0 Å². The number of hydrogen-bond acceptors (Lipinski definition) is 3. The number of aryl methyl sites for hydroxylation is 2. The van der Waals surface area contributed by atoms with Gasteiger partial charge in [0.25, 0.3) is 5.91 Å². The average Bonchev–Trinajstić information content (AvgIpc) is 2.84. The van der Waals surface area contributed by atoms with Gasteiger partial charge in [0.15, 0.2) is 0 Å². The van der Waals surface area contributed by atoms with E-state index in [1.54, 1.807) is 4.90 Å². The normalized spacial score (nSPS) is 17.6. The standard InChI is InChI=1S/C27H36N4O3/c1-6-18(2)24(29-27(34)28-23-19(3)11-10-12-20(23)4)26(33)30-15-16-31(21(5)17-30)25(32)22-13-8-7-9-14-22/h7-14,18,21,24H,6,15-17H2,1-5H3,(H2,28,29,34). The summed E-state index contributed by atoms with van der Waals surface area (Å²) in [4.78, 5) is 42.8. The van der Waals surface area contributed by atoms with E-state index in [-0.39, 0.29) is 29.8 Å². The van der Waals surface area contributed by atoms with Gasteiger partial charge in [-0.2, -0.15) is 0 Å². The molecule has 0 radical (unpaired) electrons. The van der Waals surface area contributed by atoms with Gasteiger partial charge in [-0.15, -0.1) is 0 Å². The highest BCUT2D eigenvalue weighted by atomic mass is 16.2. The number of nitrogens with zero attached hydrogens (tertiary/aromatic N) is 2. The van der Waals surface area contributed by atoms with Crippen LogP contribution < -0.4 is 10.6 Å². The number of benzene rings is 2. The highest BCUT2D eigenvalue weighted by Crippen LogP contribution is 2.21. The second-order valence-electron chi connectivity index (χ2n) is 9.23. The molecular weight excluding hydrogens is 428 g/mol. The Morgan fingerprint density at radius 1 is 1.00 bits per heavy atom. The third kappa shape index (κ3) is 5.76. The van der Waals surface area contributed by atoms with Crippen molar-refractivity contribution in [3.8, 4) is 0 Å². The first-order chi connectivity index (χ1) is 16.2. The summed E-state index contributed by atoms with van der Waals surface area (Å²) in [6, 6.07) is 13.9. The molecular formula is C27H36N4O3. The van der Waals surface area contributed by atoms with E-state index in [1.807, 2.05) is 88.0 Å². The predicted octanol–water partition coefficient (Wildman–Crippen LogP) is 4.21. The van der Waals surface area contributed by atoms with Gasteiger partial charge in [0.05, 0.1) is 0 Å². The Morgan fingerprint density at radius 2 is 1.65 bits per heavy atom. The lowest BCUT2D eigenvalue weighted by Crippen LogP contribution is -2.60. The predicted molar refractivity (Wildman–Crippen MR) is 135 cm³/mol. The topological polar surface area (TPSA) is 81.8 Å². The molecule has 3 atom stereocenters. The van der Waals surface area contributed by atoms with E-state index in [0.29, 0.717) is 25.2 Å². The van der Waals surface area contributed by atoms with Crippen LogP contribution in [0.2, 0.25) is 0 Å². The SMILES string of the molecule is CCC(C)C(NC(=O)Nc1c(C)cccc1C)C(=O)N1CCN(C(=O)c2ccccc2)C(C)C1. The second kappa shape index (κ2) is 11.2. The van der Waals surface area contributed by atoms with Crippen molar-refractivity contribution >= 4 is 23.5 Å². The molecule has 0 bridgehead atoms. The molecule has 2 aromatic carbocycles. The van der Waals surface area contributed by atoms with Crippen LogP contribution in [0.15, 0.2) is 48.5 Å². The highest BCUT2D eigenvalue weighted by molar-refractivity contribution is 5.96. The number of para-hydroxylation sites is 1. The zero-order valence-corrected chi connectivity index (χ0v) is 20.8. The number of rotatable bonds is 6. The van der Waals surface area contributed by atoms with Crippen LogP contribution in [-0.4, -0.2) is 59.4 Å². The third-order valence-corrected chi connectivity index (χ3v) is 6.71. The van der Waals surface area contributed by atoms with Crippen molar-refractivity contribution in [2.24, 2.45) is 5.92 Å². The number of nitrogens with one attached hydrogen (secondary N) is 2. The second-order valence-corrected chi connectivity index (χ2v) is 9.23. The van der Waals surface area contributed by atoms with Gasteiger partial charge in [-0.05, 0) is 49.9 Å². The highest BCUT2D eigenvalue weighted by Gasteiger charge is 2.35. The Hall–Kier alpha value is -3.35. The molecule has 2 aromatic rings. The number of amides is 4. The van der Waals surface area contributed by atoms with Gasteiger partial charge in [-0.3, -0.25) is 9.59 Å². The summed E-state index contributed by atoms with van der Waals surface area (Å²) in [5, 5.41) is 5.84. The van der Waals surface area contributed by atoms with Crippen molar-refractivity contribution in [2.45, 2.75) is 53.1 Å². The first-order valence-electron chi connectivity index (χ1n) is 12.0. The summed E-state index contributed by atoms with van der Waals surface area (Å²) in [5.74, 6) is -0.162. The Bertz CT molecular complexity index is 1000.